The topological polar surface area (TPSA) is 99.2 Å². The van der Waals surface area contributed by atoms with Gasteiger partial charge in [0.05, 0.1) is 12.7 Å². The molecule has 0 radical (unpaired) electrons. The first-order valence-corrected chi connectivity index (χ1v) is 13.3. The highest BCUT2D eigenvalue weighted by Gasteiger charge is 2.33. The molecule has 1 unspecified atom stereocenters. The third-order valence-electron chi connectivity index (χ3n) is 7.13. The number of ether oxygens (including phenoxy) is 1. The lowest BCUT2D eigenvalue weighted by atomic mass is 9.95. The summed E-state index contributed by atoms with van der Waals surface area (Å²) < 4.78 is 5.77. The molecule has 1 fully saturated rings. The highest BCUT2D eigenvalue weighted by molar-refractivity contribution is 5.97. The monoisotopic (exact) mass is 507 g/mol. The van der Waals surface area contributed by atoms with Crippen LogP contribution in [0.2, 0.25) is 0 Å². The number of para-hydroxylation sites is 1. The van der Waals surface area contributed by atoms with E-state index < -0.39 is 6.10 Å². The van der Waals surface area contributed by atoms with Crippen LogP contribution >= 0.6 is 0 Å². The summed E-state index contributed by atoms with van der Waals surface area (Å²) in [4.78, 5) is 40.5. The Balaban J connectivity index is 1.20. The quantitative estimate of drug-likeness (QED) is 0.481. The number of nitrogens with one attached hydrogen (secondary N) is 1. The first-order valence-electron chi connectivity index (χ1n) is 13.3. The van der Waals surface area contributed by atoms with Crippen molar-refractivity contribution < 1.29 is 24.2 Å². The Bertz CT molecular complexity index is 1080. The molecule has 0 aliphatic carbocycles. The molecule has 1 atom stereocenters. The van der Waals surface area contributed by atoms with E-state index in [0.29, 0.717) is 43.9 Å². The number of unbranched alkanes of at least 4 members (excludes halogenated alkanes) is 1. The number of benzene rings is 2. The number of amides is 3. The fourth-order valence-corrected chi connectivity index (χ4v) is 5.09. The van der Waals surface area contributed by atoms with Crippen LogP contribution in [0.4, 0.5) is 5.69 Å². The Morgan fingerprint density at radius 2 is 1.78 bits per heavy atom. The van der Waals surface area contributed by atoms with Crippen molar-refractivity contribution in [2.24, 2.45) is 0 Å². The van der Waals surface area contributed by atoms with E-state index in [-0.39, 0.29) is 30.3 Å². The number of anilines is 1. The molecule has 4 rings (SSSR count). The lowest BCUT2D eigenvalue weighted by molar-refractivity contribution is -0.120. The number of hydrogen-bond acceptors (Lipinski definition) is 5. The Kier molecular flexibility index (Phi) is 9.17. The second-order valence-electron chi connectivity index (χ2n) is 9.88. The molecule has 3 amide bonds. The van der Waals surface area contributed by atoms with Crippen LogP contribution in [0.3, 0.4) is 0 Å². The minimum Gasteiger partial charge on any atom is -0.494 e. The van der Waals surface area contributed by atoms with Gasteiger partial charge in [-0.15, -0.1) is 0 Å². The summed E-state index contributed by atoms with van der Waals surface area (Å²) in [6, 6.07) is 15.5. The minimum absolute atomic E-state index is 0.00327. The van der Waals surface area contributed by atoms with Gasteiger partial charge in [-0.05, 0) is 74.4 Å². The number of likely N-dealkylation sites (tertiary alicyclic amines) is 1. The Morgan fingerprint density at radius 3 is 2.51 bits per heavy atom. The van der Waals surface area contributed by atoms with E-state index in [9.17, 15) is 19.5 Å². The van der Waals surface area contributed by atoms with Crippen molar-refractivity contribution in [2.45, 2.75) is 64.0 Å². The predicted molar refractivity (Wildman–Crippen MR) is 142 cm³/mol. The van der Waals surface area contributed by atoms with Gasteiger partial charge in [0.1, 0.15) is 5.75 Å². The molecule has 0 aromatic heterocycles. The molecule has 2 aromatic rings. The molecule has 2 aromatic carbocycles. The van der Waals surface area contributed by atoms with Gasteiger partial charge in [-0.1, -0.05) is 18.2 Å². The number of aliphatic hydroxyl groups excluding tert-OH is 1. The van der Waals surface area contributed by atoms with Gasteiger partial charge >= 0.3 is 0 Å². The van der Waals surface area contributed by atoms with Crippen LogP contribution in [0.1, 0.15) is 61.4 Å². The molecule has 2 aliphatic heterocycles. The minimum atomic E-state index is -0.546. The smallest absolute Gasteiger partial charge is 0.253 e. The molecular weight excluding hydrogens is 470 g/mol. The Hall–Kier alpha value is -3.39. The highest BCUT2D eigenvalue weighted by Crippen LogP contribution is 2.32. The zero-order valence-corrected chi connectivity index (χ0v) is 21.5. The van der Waals surface area contributed by atoms with Crippen molar-refractivity contribution in [2.75, 3.05) is 31.1 Å². The van der Waals surface area contributed by atoms with Gasteiger partial charge in [-0.2, -0.15) is 0 Å². The Labute approximate surface area is 218 Å². The molecule has 0 spiro atoms. The number of aliphatic hydroxyl groups is 1. The highest BCUT2D eigenvalue weighted by atomic mass is 16.5. The zero-order valence-electron chi connectivity index (χ0n) is 21.5. The Morgan fingerprint density at radius 1 is 1.05 bits per heavy atom. The number of aryl methyl sites for hydroxylation is 1. The molecule has 1 saturated heterocycles. The van der Waals surface area contributed by atoms with Gasteiger partial charge in [0.25, 0.3) is 5.91 Å². The van der Waals surface area contributed by atoms with Crippen LogP contribution in [0.5, 0.6) is 5.75 Å². The van der Waals surface area contributed by atoms with Crippen molar-refractivity contribution in [3.05, 3.63) is 59.7 Å². The third kappa shape index (κ3) is 7.10. The largest absolute Gasteiger partial charge is 0.494 e. The lowest BCUT2D eigenvalue weighted by Crippen LogP contribution is -2.50. The number of carbonyl (C=O) groups excluding carboxylic acids is 3. The van der Waals surface area contributed by atoms with E-state index in [2.05, 4.69) is 11.4 Å². The summed E-state index contributed by atoms with van der Waals surface area (Å²) in [5.41, 5.74) is 2.88. The van der Waals surface area contributed by atoms with Crippen LogP contribution in [-0.4, -0.2) is 66.1 Å². The van der Waals surface area contributed by atoms with Gasteiger partial charge in [-0.3, -0.25) is 14.4 Å². The molecule has 2 aliphatic rings. The second kappa shape index (κ2) is 12.7. The molecular formula is C29H37N3O5. The molecule has 2 N–H and O–H groups in total. The molecule has 198 valence electrons. The van der Waals surface area contributed by atoms with Crippen LogP contribution < -0.4 is 15.0 Å². The maximum absolute atomic E-state index is 13.1. The number of carbonyl (C=O) groups is 3. The van der Waals surface area contributed by atoms with Crippen molar-refractivity contribution >= 4 is 23.4 Å². The van der Waals surface area contributed by atoms with Crippen LogP contribution in [-0.2, 0) is 16.0 Å². The number of fused-ring (bicyclic) bond motifs is 1. The second-order valence-corrected chi connectivity index (χ2v) is 9.88. The number of rotatable bonds is 10. The lowest BCUT2D eigenvalue weighted by Gasteiger charge is -2.41. The first-order chi connectivity index (χ1) is 17.9. The van der Waals surface area contributed by atoms with Crippen molar-refractivity contribution in [3.8, 4) is 5.75 Å². The summed E-state index contributed by atoms with van der Waals surface area (Å²) >= 11 is 0. The number of nitrogens with zero attached hydrogens (tertiary/aromatic N) is 2. The summed E-state index contributed by atoms with van der Waals surface area (Å²) in [6.45, 7) is 3.48. The standard InChI is InChI=1S/C29H37N3O5/c1-21(33)30-20-25(34)7-4-5-19-37-26-12-9-23(10-13-26)29(36)31-17-15-24(16-18-31)32-27-8-3-2-6-22(27)11-14-28(32)35/h2-3,6,8-10,12-13,24-25,34H,4-5,7,11,14-20H2,1H3,(H,30,33). The number of piperidine rings is 1. The van der Waals surface area contributed by atoms with E-state index in [1.54, 1.807) is 12.1 Å². The molecule has 0 bridgehead atoms. The summed E-state index contributed by atoms with van der Waals surface area (Å²) in [6.07, 6.45) is 4.52. The molecule has 8 heteroatoms. The van der Waals surface area contributed by atoms with E-state index in [1.165, 1.54) is 12.5 Å². The first kappa shape index (κ1) is 26.7. The fourth-order valence-electron chi connectivity index (χ4n) is 5.09. The van der Waals surface area contributed by atoms with Crippen LogP contribution in [0, 0.1) is 0 Å². The van der Waals surface area contributed by atoms with Gasteiger partial charge in [0, 0.05) is 50.3 Å². The molecule has 0 saturated carbocycles. The van der Waals surface area contributed by atoms with Crippen LogP contribution in [0.15, 0.2) is 48.5 Å². The van der Waals surface area contributed by atoms with Crippen molar-refractivity contribution in [3.63, 3.8) is 0 Å². The molecule has 2 heterocycles. The SMILES string of the molecule is CC(=O)NCC(O)CCCCOc1ccc(C(=O)N2CCC(N3C(=O)CCc4ccccc43)CC2)cc1. The summed E-state index contributed by atoms with van der Waals surface area (Å²) in [5.74, 6) is 0.744. The summed E-state index contributed by atoms with van der Waals surface area (Å²) in [5, 5.41) is 12.4. The van der Waals surface area contributed by atoms with Gasteiger partial charge < -0.3 is 25.0 Å². The van der Waals surface area contributed by atoms with Crippen molar-refractivity contribution in [1.82, 2.24) is 10.2 Å². The maximum Gasteiger partial charge on any atom is 0.253 e. The van der Waals surface area contributed by atoms with E-state index in [0.717, 1.165) is 37.8 Å². The summed E-state index contributed by atoms with van der Waals surface area (Å²) in [7, 11) is 0. The predicted octanol–water partition coefficient (Wildman–Crippen LogP) is 3.32. The van der Waals surface area contributed by atoms with E-state index >= 15 is 0 Å². The van der Waals surface area contributed by atoms with Gasteiger partial charge in [0.2, 0.25) is 11.8 Å². The van der Waals surface area contributed by atoms with Gasteiger partial charge in [-0.25, -0.2) is 0 Å². The van der Waals surface area contributed by atoms with Gasteiger partial charge in [0.15, 0.2) is 0 Å². The average molecular weight is 508 g/mol. The molecule has 37 heavy (non-hydrogen) atoms. The third-order valence-corrected chi connectivity index (χ3v) is 7.13. The normalized spacial score (nSPS) is 16.8. The zero-order chi connectivity index (χ0) is 26.2. The van der Waals surface area contributed by atoms with E-state index in [4.69, 9.17) is 4.74 Å². The van der Waals surface area contributed by atoms with Crippen molar-refractivity contribution in [1.29, 1.82) is 0 Å². The van der Waals surface area contributed by atoms with E-state index in [1.807, 2.05) is 40.1 Å². The fraction of sp³-hybridized carbons (Fsp3) is 0.483. The average Bonchev–Trinajstić information content (AvgIpc) is 2.92. The number of hydrogen-bond donors (Lipinski definition) is 2. The maximum atomic E-state index is 13.1. The molecule has 8 nitrogen and oxygen atoms in total. The van der Waals surface area contributed by atoms with Crippen LogP contribution in [0.25, 0.3) is 0 Å².